The SMILES string of the molecule is CCN1CCC(N2C[C@@H](C)O[C@@H](C)C2)CC1. The molecule has 0 aromatic rings. The molecular weight excluding hydrogens is 200 g/mol. The molecule has 0 amide bonds. The van der Waals surface area contributed by atoms with Gasteiger partial charge in [-0.15, -0.1) is 0 Å². The fourth-order valence-corrected chi connectivity index (χ4v) is 3.12. The zero-order valence-corrected chi connectivity index (χ0v) is 11.0. The van der Waals surface area contributed by atoms with Gasteiger partial charge in [-0.2, -0.15) is 0 Å². The molecule has 2 aliphatic rings. The molecule has 2 aliphatic heterocycles. The fourth-order valence-electron chi connectivity index (χ4n) is 3.12. The molecule has 2 atom stereocenters. The maximum Gasteiger partial charge on any atom is 0.0678 e. The molecule has 0 aromatic heterocycles. The molecular formula is C13H26N2O. The summed E-state index contributed by atoms with van der Waals surface area (Å²) in [5, 5.41) is 0. The Morgan fingerprint density at radius 3 is 2.12 bits per heavy atom. The maximum absolute atomic E-state index is 5.80. The summed E-state index contributed by atoms with van der Waals surface area (Å²) in [6.07, 6.45) is 3.50. The lowest BCUT2D eigenvalue weighted by Crippen LogP contribution is -2.53. The van der Waals surface area contributed by atoms with Crippen molar-refractivity contribution in [1.29, 1.82) is 0 Å². The Labute approximate surface area is 99.7 Å². The third kappa shape index (κ3) is 2.96. The van der Waals surface area contributed by atoms with Crippen molar-refractivity contribution in [2.45, 2.75) is 51.9 Å². The molecule has 0 aromatic carbocycles. The van der Waals surface area contributed by atoms with E-state index in [2.05, 4.69) is 30.6 Å². The number of likely N-dealkylation sites (tertiary alicyclic amines) is 1. The summed E-state index contributed by atoms with van der Waals surface area (Å²) in [7, 11) is 0. The van der Waals surface area contributed by atoms with Crippen LogP contribution < -0.4 is 0 Å². The molecule has 2 heterocycles. The highest BCUT2D eigenvalue weighted by atomic mass is 16.5. The zero-order valence-electron chi connectivity index (χ0n) is 11.0. The van der Waals surface area contributed by atoms with Gasteiger partial charge in [0.05, 0.1) is 12.2 Å². The monoisotopic (exact) mass is 226 g/mol. The molecule has 3 heteroatoms. The van der Waals surface area contributed by atoms with E-state index >= 15 is 0 Å². The lowest BCUT2D eigenvalue weighted by molar-refractivity contribution is -0.0862. The first-order valence-electron chi connectivity index (χ1n) is 6.81. The molecule has 2 fully saturated rings. The first-order valence-corrected chi connectivity index (χ1v) is 6.81. The number of hydrogen-bond donors (Lipinski definition) is 0. The van der Waals surface area contributed by atoms with Gasteiger partial charge in [0.25, 0.3) is 0 Å². The predicted molar refractivity (Wildman–Crippen MR) is 66.7 cm³/mol. The van der Waals surface area contributed by atoms with E-state index in [-0.39, 0.29) is 0 Å². The van der Waals surface area contributed by atoms with Gasteiger partial charge in [0.2, 0.25) is 0 Å². The lowest BCUT2D eigenvalue weighted by Gasteiger charge is -2.43. The number of ether oxygens (including phenoxy) is 1. The van der Waals surface area contributed by atoms with E-state index in [1.807, 2.05) is 0 Å². The summed E-state index contributed by atoms with van der Waals surface area (Å²) in [6, 6.07) is 0.802. The van der Waals surface area contributed by atoms with Crippen molar-refractivity contribution >= 4 is 0 Å². The predicted octanol–water partition coefficient (Wildman–Crippen LogP) is 1.58. The van der Waals surface area contributed by atoms with Crippen molar-refractivity contribution in [1.82, 2.24) is 9.80 Å². The van der Waals surface area contributed by atoms with Crippen LogP contribution in [0.15, 0.2) is 0 Å². The quantitative estimate of drug-likeness (QED) is 0.711. The first kappa shape index (κ1) is 12.3. The van der Waals surface area contributed by atoms with Gasteiger partial charge in [-0.3, -0.25) is 4.90 Å². The minimum Gasteiger partial charge on any atom is -0.373 e. The van der Waals surface area contributed by atoms with Gasteiger partial charge in [-0.1, -0.05) is 6.92 Å². The molecule has 0 spiro atoms. The Balaban J connectivity index is 1.83. The van der Waals surface area contributed by atoms with Crippen LogP contribution in [-0.2, 0) is 4.74 Å². The molecule has 94 valence electrons. The van der Waals surface area contributed by atoms with Crippen LogP contribution in [0, 0.1) is 0 Å². The summed E-state index contributed by atoms with van der Waals surface area (Å²) < 4.78 is 5.80. The normalized spacial score (nSPS) is 35.4. The van der Waals surface area contributed by atoms with E-state index in [1.165, 1.54) is 32.5 Å². The van der Waals surface area contributed by atoms with E-state index in [0.29, 0.717) is 12.2 Å². The maximum atomic E-state index is 5.80. The third-order valence-electron chi connectivity index (χ3n) is 3.97. The molecule has 2 saturated heterocycles. The molecule has 0 unspecified atom stereocenters. The lowest BCUT2D eigenvalue weighted by atomic mass is 10.0. The minimum atomic E-state index is 0.410. The summed E-state index contributed by atoms with van der Waals surface area (Å²) in [6.45, 7) is 12.7. The van der Waals surface area contributed by atoms with Crippen molar-refractivity contribution in [3.8, 4) is 0 Å². The van der Waals surface area contributed by atoms with Crippen LogP contribution in [0.3, 0.4) is 0 Å². The molecule has 3 nitrogen and oxygen atoms in total. The topological polar surface area (TPSA) is 15.7 Å². The van der Waals surface area contributed by atoms with Crippen molar-refractivity contribution in [2.75, 3.05) is 32.7 Å². The van der Waals surface area contributed by atoms with Crippen LogP contribution in [-0.4, -0.2) is 60.8 Å². The zero-order chi connectivity index (χ0) is 11.5. The number of nitrogens with zero attached hydrogens (tertiary/aromatic N) is 2. The van der Waals surface area contributed by atoms with Crippen LogP contribution in [0.1, 0.15) is 33.6 Å². The average molecular weight is 226 g/mol. The van der Waals surface area contributed by atoms with Crippen LogP contribution in [0.5, 0.6) is 0 Å². The van der Waals surface area contributed by atoms with Gasteiger partial charge in [-0.05, 0) is 46.3 Å². The van der Waals surface area contributed by atoms with Gasteiger partial charge in [0, 0.05) is 19.1 Å². The smallest absolute Gasteiger partial charge is 0.0678 e. The van der Waals surface area contributed by atoms with E-state index in [9.17, 15) is 0 Å². The Hall–Kier alpha value is -0.120. The highest BCUT2D eigenvalue weighted by Gasteiger charge is 2.29. The van der Waals surface area contributed by atoms with E-state index in [1.54, 1.807) is 0 Å². The Kier molecular flexibility index (Phi) is 4.22. The molecule has 0 radical (unpaired) electrons. The van der Waals surface area contributed by atoms with Crippen LogP contribution in [0.4, 0.5) is 0 Å². The van der Waals surface area contributed by atoms with Crippen molar-refractivity contribution < 1.29 is 4.74 Å². The van der Waals surface area contributed by atoms with Crippen LogP contribution >= 0.6 is 0 Å². The molecule has 0 aliphatic carbocycles. The molecule has 0 bridgehead atoms. The molecule has 16 heavy (non-hydrogen) atoms. The Bertz CT molecular complexity index is 204. The fraction of sp³-hybridized carbons (Fsp3) is 1.00. The summed E-state index contributed by atoms with van der Waals surface area (Å²) >= 11 is 0. The van der Waals surface area contributed by atoms with Gasteiger partial charge in [0.15, 0.2) is 0 Å². The number of morpholine rings is 1. The summed E-state index contributed by atoms with van der Waals surface area (Å²) in [5.74, 6) is 0. The first-order chi connectivity index (χ1) is 7.69. The van der Waals surface area contributed by atoms with Crippen LogP contribution in [0.25, 0.3) is 0 Å². The molecule has 0 saturated carbocycles. The highest BCUT2D eigenvalue weighted by Crippen LogP contribution is 2.21. The minimum absolute atomic E-state index is 0.410. The second-order valence-electron chi connectivity index (χ2n) is 5.38. The number of hydrogen-bond acceptors (Lipinski definition) is 3. The average Bonchev–Trinajstić information content (AvgIpc) is 2.28. The second-order valence-corrected chi connectivity index (χ2v) is 5.38. The number of piperidine rings is 1. The summed E-state index contributed by atoms with van der Waals surface area (Å²) in [4.78, 5) is 5.22. The highest BCUT2D eigenvalue weighted by molar-refractivity contribution is 4.84. The van der Waals surface area contributed by atoms with Crippen molar-refractivity contribution in [3.63, 3.8) is 0 Å². The molecule has 0 N–H and O–H groups in total. The Morgan fingerprint density at radius 2 is 1.62 bits per heavy atom. The molecule has 2 rings (SSSR count). The van der Waals surface area contributed by atoms with E-state index < -0.39 is 0 Å². The van der Waals surface area contributed by atoms with Gasteiger partial charge in [0.1, 0.15) is 0 Å². The number of rotatable bonds is 2. The van der Waals surface area contributed by atoms with E-state index in [0.717, 1.165) is 19.1 Å². The van der Waals surface area contributed by atoms with Gasteiger partial charge >= 0.3 is 0 Å². The largest absolute Gasteiger partial charge is 0.373 e. The van der Waals surface area contributed by atoms with Crippen LogP contribution in [0.2, 0.25) is 0 Å². The summed E-state index contributed by atoms with van der Waals surface area (Å²) in [5.41, 5.74) is 0. The van der Waals surface area contributed by atoms with Gasteiger partial charge in [-0.25, -0.2) is 0 Å². The standard InChI is InChI=1S/C13H26N2O/c1-4-14-7-5-13(6-8-14)15-9-11(2)16-12(3)10-15/h11-13H,4-10H2,1-3H3/t11-,12+. The Morgan fingerprint density at radius 1 is 1.06 bits per heavy atom. The third-order valence-corrected chi connectivity index (χ3v) is 3.97. The van der Waals surface area contributed by atoms with Crippen molar-refractivity contribution in [3.05, 3.63) is 0 Å². The van der Waals surface area contributed by atoms with Gasteiger partial charge < -0.3 is 9.64 Å². The second kappa shape index (κ2) is 5.48. The van der Waals surface area contributed by atoms with E-state index in [4.69, 9.17) is 4.74 Å². The van der Waals surface area contributed by atoms with Crippen molar-refractivity contribution in [2.24, 2.45) is 0 Å².